The molecule has 1 aliphatic heterocycles. The minimum atomic E-state index is 0.789. The number of para-hydroxylation sites is 1. The van der Waals surface area contributed by atoms with Crippen molar-refractivity contribution >= 4 is 11.0 Å². The summed E-state index contributed by atoms with van der Waals surface area (Å²) in [5.41, 5.74) is 2.36. The molecule has 21 heavy (non-hydrogen) atoms. The van der Waals surface area contributed by atoms with Gasteiger partial charge in [-0.2, -0.15) is 0 Å². The monoisotopic (exact) mass is 287 g/mol. The van der Waals surface area contributed by atoms with Gasteiger partial charge in [0.05, 0.1) is 6.54 Å². The van der Waals surface area contributed by atoms with Crippen LogP contribution in [-0.2, 0) is 13.1 Å². The van der Waals surface area contributed by atoms with Gasteiger partial charge in [0.25, 0.3) is 0 Å². The molecule has 1 saturated heterocycles. The summed E-state index contributed by atoms with van der Waals surface area (Å²) < 4.78 is 6.03. The molecule has 1 aromatic heterocycles. The Morgan fingerprint density at radius 2 is 2.00 bits per heavy atom. The fraction of sp³-hybridized carbons (Fsp3) is 0.529. The summed E-state index contributed by atoms with van der Waals surface area (Å²) in [4.78, 5) is 4.97. The van der Waals surface area contributed by atoms with E-state index in [-0.39, 0.29) is 0 Å². The molecule has 0 spiro atoms. The van der Waals surface area contributed by atoms with Crippen LogP contribution in [0.25, 0.3) is 11.0 Å². The Balaban J connectivity index is 1.86. The molecule has 0 atom stereocenters. The van der Waals surface area contributed by atoms with Crippen molar-refractivity contribution in [1.29, 1.82) is 0 Å². The van der Waals surface area contributed by atoms with Gasteiger partial charge in [-0.05, 0) is 39.7 Å². The van der Waals surface area contributed by atoms with Crippen molar-refractivity contribution in [3.63, 3.8) is 0 Å². The van der Waals surface area contributed by atoms with E-state index in [1.165, 1.54) is 30.5 Å². The zero-order chi connectivity index (χ0) is 14.7. The van der Waals surface area contributed by atoms with Gasteiger partial charge in [0.1, 0.15) is 11.3 Å². The molecule has 4 heteroatoms. The summed E-state index contributed by atoms with van der Waals surface area (Å²) in [5, 5.41) is 4.49. The van der Waals surface area contributed by atoms with Gasteiger partial charge in [0.2, 0.25) is 0 Å². The van der Waals surface area contributed by atoms with Crippen molar-refractivity contribution in [3.8, 4) is 0 Å². The zero-order valence-electron chi connectivity index (χ0n) is 13.1. The van der Waals surface area contributed by atoms with Gasteiger partial charge in [0, 0.05) is 30.6 Å². The first-order valence-electron chi connectivity index (χ1n) is 7.82. The largest absolute Gasteiger partial charge is 0.459 e. The second-order valence-corrected chi connectivity index (χ2v) is 5.96. The summed E-state index contributed by atoms with van der Waals surface area (Å²) >= 11 is 0. The van der Waals surface area contributed by atoms with E-state index in [4.69, 9.17) is 4.42 Å². The van der Waals surface area contributed by atoms with E-state index in [1.54, 1.807) is 0 Å². The molecule has 2 aromatic rings. The fourth-order valence-electron chi connectivity index (χ4n) is 3.11. The van der Waals surface area contributed by atoms with Crippen LogP contribution in [0.1, 0.15) is 17.7 Å². The lowest BCUT2D eigenvalue weighted by Crippen LogP contribution is -2.28. The Kier molecular flexibility index (Phi) is 4.58. The first-order chi connectivity index (χ1) is 10.3. The number of nitrogens with one attached hydrogen (secondary N) is 1. The summed E-state index contributed by atoms with van der Waals surface area (Å²) in [7, 11) is 4.18. The van der Waals surface area contributed by atoms with Crippen LogP contribution in [0.3, 0.4) is 0 Å². The Bertz CT molecular complexity index is 593. The number of likely N-dealkylation sites (N-methyl/N-ethyl adjacent to an activating group) is 1. The number of benzene rings is 1. The summed E-state index contributed by atoms with van der Waals surface area (Å²) in [6.07, 6.45) is 1.24. The average Bonchev–Trinajstić information content (AvgIpc) is 2.68. The van der Waals surface area contributed by atoms with E-state index in [1.807, 2.05) is 13.1 Å². The highest BCUT2D eigenvalue weighted by molar-refractivity contribution is 5.82. The summed E-state index contributed by atoms with van der Waals surface area (Å²) in [6, 6.07) is 8.38. The molecule has 1 fully saturated rings. The molecule has 1 N–H and O–H groups in total. The van der Waals surface area contributed by atoms with E-state index < -0.39 is 0 Å². The lowest BCUT2D eigenvalue weighted by molar-refractivity contribution is 0.268. The maximum absolute atomic E-state index is 6.03. The highest BCUT2D eigenvalue weighted by atomic mass is 16.3. The van der Waals surface area contributed by atoms with Crippen molar-refractivity contribution in [2.45, 2.75) is 19.5 Å². The average molecular weight is 287 g/mol. The molecule has 0 aliphatic carbocycles. The van der Waals surface area contributed by atoms with Crippen LogP contribution in [0, 0.1) is 0 Å². The molecule has 1 aromatic carbocycles. The smallest absolute Gasteiger partial charge is 0.134 e. The van der Waals surface area contributed by atoms with Crippen LogP contribution < -0.4 is 5.32 Å². The van der Waals surface area contributed by atoms with Gasteiger partial charge < -0.3 is 14.6 Å². The van der Waals surface area contributed by atoms with Gasteiger partial charge in [-0.3, -0.25) is 4.90 Å². The highest BCUT2D eigenvalue weighted by Crippen LogP contribution is 2.27. The molecule has 0 amide bonds. The summed E-state index contributed by atoms with van der Waals surface area (Å²) in [5.74, 6) is 1.08. The Hall–Kier alpha value is -1.36. The van der Waals surface area contributed by atoms with E-state index in [0.29, 0.717) is 0 Å². The number of hydrogen-bond acceptors (Lipinski definition) is 4. The molecule has 114 valence electrons. The van der Waals surface area contributed by atoms with Crippen LogP contribution >= 0.6 is 0 Å². The maximum atomic E-state index is 6.03. The van der Waals surface area contributed by atoms with Crippen LogP contribution in [0.4, 0.5) is 0 Å². The van der Waals surface area contributed by atoms with Crippen molar-refractivity contribution in [1.82, 2.24) is 15.1 Å². The predicted molar refractivity (Wildman–Crippen MR) is 86.4 cm³/mol. The molecule has 0 radical (unpaired) electrons. The van der Waals surface area contributed by atoms with Crippen LogP contribution in [0.5, 0.6) is 0 Å². The summed E-state index contributed by atoms with van der Waals surface area (Å²) in [6.45, 7) is 6.43. The molecule has 0 bridgehead atoms. The van der Waals surface area contributed by atoms with Gasteiger partial charge in [-0.1, -0.05) is 18.2 Å². The third-order valence-corrected chi connectivity index (χ3v) is 4.31. The molecular formula is C17H25N3O. The second-order valence-electron chi connectivity index (χ2n) is 5.96. The molecule has 3 rings (SSSR count). The van der Waals surface area contributed by atoms with Gasteiger partial charge in [-0.25, -0.2) is 0 Å². The lowest BCUT2D eigenvalue weighted by Gasteiger charge is -2.20. The third kappa shape index (κ3) is 3.28. The molecule has 0 saturated carbocycles. The fourth-order valence-corrected chi connectivity index (χ4v) is 3.11. The van der Waals surface area contributed by atoms with E-state index in [9.17, 15) is 0 Å². The third-order valence-electron chi connectivity index (χ3n) is 4.31. The van der Waals surface area contributed by atoms with Gasteiger partial charge >= 0.3 is 0 Å². The standard InChI is InChI=1S/C17H25N3O/c1-18-12-17-15(14-6-3-4-7-16(14)21-17)13-20-9-5-8-19(2)10-11-20/h3-4,6-7,18H,5,8-13H2,1-2H3. The SMILES string of the molecule is CNCc1oc2ccccc2c1CN1CCCN(C)CC1. The lowest BCUT2D eigenvalue weighted by atomic mass is 10.1. The van der Waals surface area contributed by atoms with E-state index in [0.717, 1.165) is 37.5 Å². The van der Waals surface area contributed by atoms with E-state index >= 15 is 0 Å². The van der Waals surface area contributed by atoms with Gasteiger partial charge in [0.15, 0.2) is 0 Å². The van der Waals surface area contributed by atoms with Crippen LogP contribution in [0.15, 0.2) is 28.7 Å². The van der Waals surface area contributed by atoms with Crippen molar-refractivity contribution in [3.05, 3.63) is 35.6 Å². The van der Waals surface area contributed by atoms with Gasteiger partial charge in [-0.15, -0.1) is 0 Å². The quantitative estimate of drug-likeness (QED) is 0.935. The minimum absolute atomic E-state index is 0.789. The first kappa shape index (κ1) is 14.6. The molecule has 0 unspecified atom stereocenters. The first-order valence-corrected chi connectivity index (χ1v) is 7.82. The van der Waals surface area contributed by atoms with Crippen molar-refractivity contribution in [2.24, 2.45) is 0 Å². The Morgan fingerprint density at radius 3 is 2.86 bits per heavy atom. The van der Waals surface area contributed by atoms with E-state index in [2.05, 4.69) is 40.4 Å². The maximum Gasteiger partial charge on any atom is 0.134 e. The minimum Gasteiger partial charge on any atom is -0.459 e. The number of furan rings is 1. The zero-order valence-corrected chi connectivity index (χ0v) is 13.1. The molecular weight excluding hydrogens is 262 g/mol. The van der Waals surface area contributed by atoms with Crippen molar-refractivity contribution in [2.75, 3.05) is 40.3 Å². The molecule has 4 nitrogen and oxygen atoms in total. The van der Waals surface area contributed by atoms with Crippen molar-refractivity contribution < 1.29 is 4.42 Å². The normalized spacial score (nSPS) is 18.2. The number of hydrogen-bond donors (Lipinski definition) is 1. The number of fused-ring (bicyclic) bond motifs is 1. The Labute approximate surface area is 126 Å². The molecule has 2 heterocycles. The predicted octanol–water partition coefficient (Wildman–Crippen LogP) is 2.29. The number of nitrogens with zero attached hydrogens (tertiary/aromatic N) is 2. The highest BCUT2D eigenvalue weighted by Gasteiger charge is 2.18. The topological polar surface area (TPSA) is 31.7 Å². The van der Waals surface area contributed by atoms with Crippen LogP contribution in [-0.4, -0.2) is 50.1 Å². The molecule has 1 aliphatic rings. The van der Waals surface area contributed by atoms with Crippen LogP contribution in [0.2, 0.25) is 0 Å². The second kappa shape index (κ2) is 6.60. The Morgan fingerprint density at radius 1 is 1.14 bits per heavy atom. The number of rotatable bonds is 4.